The molecular formula is C27H40FN3O3S. The molecular weight excluding hydrogens is 465 g/mol. The Morgan fingerprint density at radius 3 is 2.26 bits per heavy atom. The van der Waals surface area contributed by atoms with Crippen molar-refractivity contribution in [1.82, 2.24) is 4.98 Å². The molecule has 1 aromatic heterocycles. The first-order valence-electron chi connectivity index (χ1n) is 12.3. The molecule has 1 unspecified atom stereocenters. The number of carbonyl (C=O) groups is 1. The molecule has 0 bridgehead atoms. The Morgan fingerprint density at radius 2 is 1.74 bits per heavy atom. The van der Waals surface area contributed by atoms with E-state index < -0.39 is 21.8 Å². The van der Waals surface area contributed by atoms with Crippen LogP contribution >= 0.6 is 0 Å². The summed E-state index contributed by atoms with van der Waals surface area (Å²) in [6.45, 7) is 14.3. The van der Waals surface area contributed by atoms with E-state index in [9.17, 15) is 17.6 Å². The largest absolute Gasteiger partial charge is 0.356 e. The van der Waals surface area contributed by atoms with Crippen LogP contribution in [0.4, 0.5) is 15.9 Å². The van der Waals surface area contributed by atoms with Gasteiger partial charge >= 0.3 is 0 Å². The lowest BCUT2D eigenvalue weighted by atomic mass is 9.90. The highest BCUT2D eigenvalue weighted by Gasteiger charge is 2.22. The van der Waals surface area contributed by atoms with Crippen molar-refractivity contribution in [2.75, 3.05) is 29.0 Å². The van der Waals surface area contributed by atoms with Crippen molar-refractivity contribution in [3.05, 3.63) is 53.0 Å². The predicted molar refractivity (Wildman–Crippen MR) is 142 cm³/mol. The zero-order chi connectivity index (χ0) is 26.4. The summed E-state index contributed by atoms with van der Waals surface area (Å²) in [6.07, 6.45) is 3.84. The fourth-order valence-electron chi connectivity index (χ4n) is 3.97. The summed E-state index contributed by atoms with van der Waals surface area (Å²) in [5, 5.41) is 0. The lowest BCUT2D eigenvalue weighted by Crippen LogP contribution is -2.28. The summed E-state index contributed by atoms with van der Waals surface area (Å²) in [4.78, 5) is 20.4. The molecule has 0 aliphatic rings. The van der Waals surface area contributed by atoms with E-state index in [-0.39, 0.29) is 16.9 Å². The van der Waals surface area contributed by atoms with Gasteiger partial charge in [-0.05, 0) is 48.6 Å². The van der Waals surface area contributed by atoms with Crippen LogP contribution < -0.4 is 9.62 Å². The summed E-state index contributed by atoms with van der Waals surface area (Å²) in [5.41, 5.74) is 2.37. The average Bonchev–Trinajstić information content (AvgIpc) is 2.76. The van der Waals surface area contributed by atoms with Gasteiger partial charge in [-0.2, -0.15) is 0 Å². The zero-order valence-corrected chi connectivity index (χ0v) is 22.9. The van der Waals surface area contributed by atoms with E-state index in [0.717, 1.165) is 49.3 Å². The van der Waals surface area contributed by atoms with Gasteiger partial charge in [0.15, 0.2) is 0 Å². The number of carbonyl (C=O) groups excluding carboxylic acids is 1. The monoisotopic (exact) mass is 505 g/mol. The summed E-state index contributed by atoms with van der Waals surface area (Å²) < 4.78 is 39.4. The van der Waals surface area contributed by atoms with Crippen molar-refractivity contribution in [3.8, 4) is 0 Å². The van der Waals surface area contributed by atoms with Gasteiger partial charge in [-0.3, -0.25) is 9.52 Å². The number of sulfonamides is 1. The number of nitrogens with one attached hydrogen (secondary N) is 1. The molecule has 0 radical (unpaired) electrons. The highest BCUT2D eigenvalue weighted by molar-refractivity contribution is 7.92. The van der Waals surface area contributed by atoms with Gasteiger partial charge in [0.1, 0.15) is 17.4 Å². The van der Waals surface area contributed by atoms with E-state index in [1.807, 2.05) is 6.07 Å². The number of ketones is 1. The topological polar surface area (TPSA) is 79.4 Å². The zero-order valence-electron chi connectivity index (χ0n) is 22.1. The first-order chi connectivity index (χ1) is 16.3. The van der Waals surface area contributed by atoms with Gasteiger partial charge in [-0.1, -0.05) is 53.7 Å². The third kappa shape index (κ3) is 8.30. The Morgan fingerprint density at radius 1 is 1.11 bits per heavy atom. The molecule has 0 saturated carbocycles. The van der Waals surface area contributed by atoms with E-state index >= 15 is 0 Å². The normalized spacial score (nSPS) is 12.9. The highest BCUT2D eigenvalue weighted by Crippen LogP contribution is 2.29. The minimum absolute atomic E-state index is 0.00315. The van der Waals surface area contributed by atoms with Crippen LogP contribution in [-0.2, 0) is 26.7 Å². The van der Waals surface area contributed by atoms with Crippen molar-refractivity contribution in [3.63, 3.8) is 0 Å². The molecule has 194 valence electrons. The van der Waals surface area contributed by atoms with Gasteiger partial charge in [-0.25, -0.2) is 17.8 Å². The van der Waals surface area contributed by atoms with Crippen molar-refractivity contribution >= 4 is 27.3 Å². The lowest BCUT2D eigenvalue weighted by Gasteiger charge is -2.28. The number of aromatic nitrogens is 1. The molecule has 2 rings (SSSR count). The number of nitrogens with zero attached hydrogens (tertiary/aromatic N) is 2. The van der Waals surface area contributed by atoms with Gasteiger partial charge in [0.05, 0.1) is 11.9 Å². The van der Waals surface area contributed by atoms with E-state index in [4.69, 9.17) is 4.98 Å². The molecule has 8 heteroatoms. The number of hydrogen-bond acceptors (Lipinski definition) is 5. The second kappa shape index (κ2) is 12.0. The molecule has 0 fully saturated rings. The Labute approximate surface area is 210 Å². The third-order valence-corrected chi connectivity index (χ3v) is 6.51. The van der Waals surface area contributed by atoms with Crippen LogP contribution in [0.3, 0.4) is 0 Å². The van der Waals surface area contributed by atoms with Crippen LogP contribution in [-0.4, -0.2) is 38.5 Å². The Hall–Kier alpha value is -2.48. The molecule has 0 amide bonds. The molecule has 0 saturated heterocycles. The van der Waals surface area contributed by atoms with Crippen molar-refractivity contribution in [2.45, 2.75) is 78.6 Å². The molecule has 1 heterocycles. The number of aryl methyl sites for hydroxylation is 1. The van der Waals surface area contributed by atoms with Crippen LogP contribution in [0, 0.1) is 5.82 Å². The molecule has 1 aromatic carbocycles. The number of anilines is 2. The second-order valence-corrected chi connectivity index (χ2v) is 12.0. The van der Waals surface area contributed by atoms with E-state index in [1.54, 1.807) is 13.0 Å². The molecule has 2 aromatic rings. The molecule has 0 aliphatic carbocycles. The quantitative estimate of drug-likeness (QED) is 0.393. The Kier molecular flexibility index (Phi) is 9.84. The Balaban J connectivity index is 2.24. The maximum Gasteiger partial charge on any atom is 0.229 e. The highest BCUT2D eigenvalue weighted by atomic mass is 32.2. The first-order valence-corrected chi connectivity index (χ1v) is 14.2. The smallest absolute Gasteiger partial charge is 0.229 e. The molecule has 6 nitrogen and oxygen atoms in total. The van der Waals surface area contributed by atoms with Crippen LogP contribution in [0.2, 0.25) is 0 Å². The van der Waals surface area contributed by atoms with Gasteiger partial charge in [-0.15, -0.1) is 0 Å². The SMILES string of the molecule is CCCN(CCC)c1nc(C(C)(C)C)ccc1CCC(=O)C(C)c1ccc(NS(C)(=O)=O)c(F)c1. The fraction of sp³-hybridized carbons (Fsp3) is 0.556. The van der Waals surface area contributed by atoms with E-state index in [2.05, 4.69) is 50.3 Å². The van der Waals surface area contributed by atoms with Crippen LogP contribution in [0.1, 0.15) is 83.5 Å². The van der Waals surface area contributed by atoms with E-state index in [1.165, 1.54) is 12.1 Å². The number of Topliss-reactive ketones (excluding diaryl/α,β-unsaturated/α-hetero) is 1. The fourth-order valence-corrected chi connectivity index (χ4v) is 4.54. The molecule has 1 atom stereocenters. The minimum atomic E-state index is -3.59. The van der Waals surface area contributed by atoms with Crippen molar-refractivity contribution < 1.29 is 17.6 Å². The first kappa shape index (κ1) is 28.8. The number of rotatable bonds is 12. The molecule has 0 spiro atoms. The molecule has 1 N–H and O–H groups in total. The van der Waals surface area contributed by atoms with Crippen molar-refractivity contribution in [2.24, 2.45) is 0 Å². The number of halogens is 1. The van der Waals surface area contributed by atoms with Crippen LogP contribution in [0.15, 0.2) is 30.3 Å². The van der Waals surface area contributed by atoms with Crippen molar-refractivity contribution in [1.29, 1.82) is 0 Å². The van der Waals surface area contributed by atoms with Crippen LogP contribution in [0.25, 0.3) is 0 Å². The summed E-state index contributed by atoms with van der Waals surface area (Å²) >= 11 is 0. The van der Waals surface area contributed by atoms with Gasteiger partial charge in [0.2, 0.25) is 10.0 Å². The lowest BCUT2D eigenvalue weighted by molar-refractivity contribution is -0.120. The standard InChI is InChI=1S/C27H40FN3O3S/c1-8-16-31(17-9-2)26-20(12-15-25(29-26)27(4,5)6)11-14-24(32)19(3)21-10-13-23(22(28)18-21)30-35(7,33)34/h10,12-13,15,18-19,30H,8-9,11,14,16-17H2,1-7H3. The number of pyridine rings is 1. The minimum Gasteiger partial charge on any atom is -0.356 e. The predicted octanol–water partition coefficient (Wildman–Crippen LogP) is 5.82. The maximum absolute atomic E-state index is 14.4. The number of hydrogen-bond donors (Lipinski definition) is 1. The average molecular weight is 506 g/mol. The number of benzene rings is 1. The van der Waals surface area contributed by atoms with E-state index in [0.29, 0.717) is 18.4 Å². The third-order valence-electron chi connectivity index (χ3n) is 5.92. The molecule has 0 aliphatic heterocycles. The summed E-state index contributed by atoms with van der Waals surface area (Å²) in [6, 6.07) is 8.31. The van der Waals surface area contributed by atoms with Gasteiger partial charge < -0.3 is 4.90 Å². The van der Waals surface area contributed by atoms with Gasteiger partial charge in [0, 0.05) is 36.5 Å². The summed E-state index contributed by atoms with van der Waals surface area (Å²) in [7, 11) is -3.59. The second-order valence-electron chi connectivity index (χ2n) is 10.2. The maximum atomic E-state index is 14.4. The summed E-state index contributed by atoms with van der Waals surface area (Å²) in [5.74, 6) is -0.267. The van der Waals surface area contributed by atoms with Gasteiger partial charge in [0.25, 0.3) is 0 Å². The van der Waals surface area contributed by atoms with Crippen LogP contribution in [0.5, 0.6) is 0 Å². The Bertz CT molecular complexity index is 1120. The molecule has 35 heavy (non-hydrogen) atoms.